The normalized spacial score (nSPS) is 30.1. The lowest BCUT2D eigenvalue weighted by Gasteiger charge is -2.25. The van der Waals surface area contributed by atoms with Gasteiger partial charge in [-0.25, -0.2) is 0 Å². The van der Waals surface area contributed by atoms with Gasteiger partial charge in [0.1, 0.15) is 11.6 Å². The van der Waals surface area contributed by atoms with Gasteiger partial charge in [-0.15, -0.1) is 10.2 Å². The Morgan fingerprint density at radius 1 is 1.31 bits per heavy atom. The van der Waals surface area contributed by atoms with Crippen molar-refractivity contribution in [2.45, 2.75) is 45.1 Å². The maximum absolute atomic E-state index is 5.54. The Morgan fingerprint density at radius 2 is 2.25 bits per heavy atom. The van der Waals surface area contributed by atoms with Crippen LogP contribution < -0.4 is 0 Å². The van der Waals surface area contributed by atoms with Gasteiger partial charge in [0.2, 0.25) is 0 Å². The maximum atomic E-state index is 5.54. The Balaban J connectivity index is 1.86. The fourth-order valence-corrected chi connectivity index (χ4v) is 2.76. The molecule has 4 nitrogen and oxygen atoms in total. The lowest BCUT2D eigenvalue weighted by molar-refractivity contribution is 0.0764. The van der Waals surface area contributed by atoms with E-state index in [1.165, 1.54) is 24.5 Å². The monoisotopic (exact) mass is 221 g/mol. The van der Waals surface area contributed by atoms with Crippen molar-refractivity contribution in [3.8, 4) is 0 Å². The van der Waals surface area contributed by atoms with Gasteiger partial charge < -0.3 is 9.30 Å². The molecule has 3 rings (SSSR count). The molecule has 1 saturated heterocycles. The molecular formula is C12H19N3O. The topological polar surface area (TPSA) is 39.9 Å². The zero-order valence-corrected chi connectivity index (χ0v) is 9.85. The predicted octanol–water partition coefficient (Wildman–Crippen LogP) is 1.75. The molecule has 4 heteroatoms. The molecule has 3 heterocycles. The van der Waals surface area contributed by atoms with E-state index in [1.54, 1.807) is 0 Å². The fourth-order valence-electron chi connectivity index (χ4n) is 2.76. The van der Waals surface area contributed by atoms with Crippen molar-refractivity contribution in [3.05, 3.63) is 11.6 Å². The number of fused-ring (bicyclic) bond motifs is 1. The highest BCUT2D eigenvalue weighted by Gasteiger charge is 2.26. The third-order valence-electron chi connectivity index (χ3n) is 3.74. The minimum Gasteiger partial charge on any atom is -0.381 e. The van der Waals surface area contributed by atoms with Crippen molar-refractivity contribution in [1.29, 1.82) is 0 Å². The van der Waals surface area contributed by atoms with Crippen LogP contribution in [0.1, 0.15) is 43.8 Å². The summed E-state index contributed by atoms with van der Waals surface area (Å²) in [4.78, 5) is 0. The second kappa shape index (κ2) is 4.17. The van der Waals surface area contributed by atoms with Gasteiger partial charge in [0.05, 0.1) is 6.61 Å². The molecule has 0 amide bonds. The van der Waals surface area contributed by atoms with Crippen LogP contribution in [0, 0.1) is 5.92 Å². The van der Waals surface area contributed by atoms with Crippen LogP contribution in [0.3, 0.4) is 0 Å². The largest absolute Gasteiger partial charge is 0.381 e. The van der Waals surface area contributed by atoms with E-state index in [-0.39, 0.29) is 0 Å². The highest BCUT2D eigenvalue weighted by Crippen LogP contribution is 2.28. The number of aromatic nitrogens is 3. The minimum atomic E-state index is 0.472. The third kappa shape index (κ3) is 1.75. The van der Waals surface area contributed by atoms with Crippen molar-refractivity contribution in [3.63, 3.8) is 0 Å². The van der Waals surface area contributed by atoms with Gasteiger partial charge in [-0.3, -0.25) is 0 Å². The molecule has 1 aromatic rings. The van der Waals surface area contributed by atoms with Gasteiger partial charge >= 0.3 is 0 Å². The zero-order valence-electron chi connectivity index (χ0n) is 9.85. The molecule has 2 aliphatic rings. The van der Waals surface area contributed by atoms with Crippen LogP contribution >= 0.6 is 0 Å². The molecule has 0 aromatic carbocycles. The number of hydrogen-bond donors (Lipinski definition) is 0. The Bertz CT molecular complexity index is 368. The number of nitrogens with zero attached hydrogens (tertiary/aromatic N) is 3. The Hall–Kier alpha value is -0.900. The van der Waals surface area contributed by atoms with Crippen LogP contribution in [0.25, 0.3) is 0 Å². The summed E-state index contributed by atoms with van der Waals surface area (Å²) in [7, 11) is 0. The summed E-state index contributed by atoms with van der Waals surface area (Å²) in [6.45, 7) is 5.14. The third-order valence-corrected chi connectivity index (χ3v) is 3.74. The first-order chi connectivity index (χ1) is 7.84. The van der Waals surface area contributed by atoms with Gasteiger partial charge in [0, 0.05) is 25.5 Å². The summed E-state index contributed by atoms with van der Waals surface area (Å²) in [5.41, 5.74) is 0. The molecule has 0 spiro atoms. The van der Waals surface area contributed by atoms with E-state index in [0.717, 1.165) is 38.5 Å². The van der Waals surface area contributed by atoms with E-state index in [2.05, 4.69) is 21.7 Å². The summed E-state index contributed by atoms with van der Waals surface area (Å²) in [5.74, 6) is 3.58. The molecule has 0 bridgehead atoms. The molecule has 16 heavy (non-hydrogen) atoms. The standard InChI is InChI=1S/C12H19N3O/c1-9-4-5-11-13-14-12(15(11)7-9)10-3-2-6-16-8-10/h9-10H,2-8H2,1H3. The molecule has 0 saturated carbocycles. The SMILES string of the molecule is CC1CCc2nnc(C3CCCOC3)n2C1. The quantitative estimate of drug-likeness (QED) is 0.725. The molecule has 0 radical (unpaired) electrons. The minimum absolute atomic E-state index is 0.472. The summed E-state index contributed by atoms with van der Waals surface area (Å²) >= 11 is 0. The fraction of sp³-hybridized carbons (Fsp3) is 0.833. The maximum Gasteiger partial charge on any atom is 0.138 e. The van der Waals surface area contributed by atoms with E-state index < -0.39 is 0 Å². The van der Waals surface area contributed by atoms with Crippen LogP contribution in [0.5, 0.6) is 0 Å². The average Bonchev–Trinajstić information content (AvgIpc) is 2.73. The van der Waals surface area contributed by atoms with Crippen LogP contribution in [-0.2, 0) is 17.7 Å². The van der Waals surface area contributed by atoms with E-state index in [9.17, 15) is 0 Å². The lowest BCUT2D eigenvalue weighted by atomic mass is 9.98. The van der Waals surface area contributed by atoms with Crippen LogP contribution in [-0.4, -0.2) is 28.0 Å². The number of aryl methyl sites for hydroxylation is 1. The average molecular weight is 221 g/mol. The Morgan fingerprint density at radius 3 is 3.06 bits per heavy atom. The molecule has 1 fully saturated rings. The van der Waals surface area contributed by atoms with Crippen LogP contribution in [0.15, 0.2) is 0 Å². The first-order valence-corrected chi connectivity index (χ1v) is 6.34. The second-order valence-electron chi connectivity index (χ2n) is 5.14. The Labute approximate surface area is 96.0 Å². The van der Waals surface area contributed by atoms with Gasteiger partial charge in [-0.2, -0.15) is 0 Å². The molecule has 0 aliphatic carbocycles. The molecule has 2 aliphatic heterocycles. The molecule has 88 valence electrons. The van der Waals surface area contributed by atoms with Crippen molar-refractivity contribution < 1.29 is 4.74 Å². The molecule has 1 aromatic heterocycles. The van der Waals surface area contributed by atoms with Gasteiger partial charge in [-0.1, -0.05) is 6.92 Å². The highest BCUT2D eigenvalue weighted by molar-refractivity contribution is 5.05. The first-order valence-electron chi connectivity index (χ1n) is 6.34. The van der Waals surface area contributed by atoms with Gasteiger partial charge in [0.25, 0.3) is 0 Å². The van der Waals surface area contributed by atoms with E-state index >= 15 is 0 Å². The highest BCUT2D eigenvalue weighted by atomic mass is 16.5. The van der Waals surface area contributed by atoms with E-state index in [4.69, 9.17) is 4.74 Å². The smallest absolute Gasteiger partial charge is 0.138 e. The number of rotatable bonds is 1. The van der Waals surface area contributed by atoms with Crippen LogP contribution in [0.4, 0.5) is 0 Å². The summed E-state index contributed by atoms with van der Waals surface area (Å²) in [6, 6.07) is 0. The van der Waals surface area contributed by atoms with E-state index in [1.807, 2.05) is 0 Å². The molecule has 2 atom stereocenters. The van der Waals surface area contributed by atoms with Crippen molar-refractivity contribution in [2.75, 3.05) is 13.2 Å². The van der Waals surface area contributed by atoms with Crippen molar-refractivity contribution in [1.82, 2.24) is 14.8 Å². The van der Waals surface area contributed by atoms with Crippen LogP contribution in [0.2, 0.25) is 0 Å². The summed E-state index contributed by atoms with van der Waals surface area (Å²) in [5, 5.41) is 8.71. The number of hydrogen-bond acceptors (Lipinski definition) is 3. The van der Waals surface area contributed by atoms with Crippen molar-refractivity contribution in [2.24, 2.45) is 5.92 Å². The summed E-state index contributed by atoms with van der Waals surface area (Å²) in [6.07, 6.45) is 4.69. The number of ether oxygens (including phenoxy) is 1. The van der Waals surface area contributed by atoms with E-state index in [0.29, 0.717) is 5.92 Å². The summed E-state index contributed by atoms with van der Waals surface area (Å²) < 4.78 is 7.88. The Kier molecular flexibility index (Phi) is 2.67. The zero-order chi connectivity index (χ0) is 11.0. The second-order valence-corrected chi connectivity index (χ2v) is 5.14. The molecule has 0 N–H and O–H groups in total. The molecule has 2 unspecified atom stereocenters. The van der Waals surface area contributed by atoms with Crippen molar-refractivity contribution >= 4 is 0 Å². The van der Waals surface area contributed by atoms with Gasteiger partial charge in [0.15, 0.2) is 0 Å². The molecular weight excluding hydrogens is 202 g/mol. The predicted molar refractivity (Wildman–Crippen MR) is 60.3 cm³/mol. The van der Waals surface area contributed by atoms with Gasteiger partial charge in [-0.05, 0) is 25.2 Å². The first kappa shape index (κ1) is 10.3. The lowest BCUT2D eigenvalue weighted by Crippen LogP contribution is -2.24.